The molecule has 1 fully saturated rings. The first-order valence-electron chi connectivity index (χ1n) is 4.84. The van der Waals surface area contributed by atoms with Gasteiger partial charge in [0, 0.05) is 17.6 Å². The molecule has 0 saturated carbocycles. The molecule has 2 atom stereocenters. The molecule has 0 amide bonds. The van der Waals surface area contributed by atoms with Crippen LogP contribution in [0.2, 0.25) is 0 Å². The first-order valence-corrected chi connectivity index (χ1v) is 5.89. The number of nitrogens with zero attached hydrogens (tertiary/aromatic N) is 2. The first kappa shape index (κ1) is 9.93. The Kier molecular flexibility index (Phi) is 2.74. The normalized spacial score (nSPS) is 32.9. The largest absolute Gasteiger partial charge is 0.382 e. The van der Waals surface area contributed by atoms with Crippen LogP contribution in [-0.4, -0.2) is 26.1 Å². The van der Waals surface area contributed by atoms with Crippen LogP contribution in [0.1, 0.15) is 25.5 Å². The van der Waals surface area contributed by atoms with Crippen molar-refractivity contribution in [1.29, 1.82) is 0 Å². The lowest BCUT2D eigenvalue weighted by molar-refractivity contribution is 0.0207. The van der Waals surface area contributed by atoms with Gasteiger partial charge < -0.3 is 5.11 Å². The maximum absolute atomic E-state index is 10.5. The molecule has 1 aliphatic heterocycles. The van der Waals surface area contributed by atoms with Gasteiger partial charge in [0.05, 0.1) is 11.9 Å². The van der Waals surface area contributed by atoms with E-state index in [9.17, 15) is 5.11 Å². The molecule has 4 heteroatoms. The number of thioether (sulfide) groups is 1. The fourth-order valence-corrected chi connectivity index (χ4v) is 2.98. The van der Waals surface area contributed by atoms with Crippen molar-refractivity contribution in [3.63, 3.8) is 0 Å². The standard InChI is InChI=1S/C10H14N2OS/c1-8-10(13,3-2-6-14-8)9-7-11-4-5-12-9/h4-5,7-8,13H,2-3,6H2,1H3. The van der Waals surface area contributed by atoms with Crippen molar-refractivity contribution in [3.8, 4) is 0 Å². The van der Waals surface area contributed by atoms with Crippen molar-refractivity contribution < 1.29 is 5.11 Å². The van der Waals surface area contributed by atoms with Crippen LogP contribution in [0.25, 0.3) is 0 Å². The second-order valence-corrected chi connectivity index (χ2v) is 5.08. The van der Waals surface area contributed by atoms with Gasteiger partial charge in [-0.3, -0.25) is 9.97 Å². The molecule has 0 spiro atoms. The summed E-state index contributed by atoms with van der Waals surface area (Å²) >= 11 is 1.80. The van der Waals surface area contributed by atoms with E-state index in [-0.39, 0.29) is 5.25 Å². The van der Waals surface area contributed by atoms with E-state index >= 15 is 0 Å². The number of hydrogen-bond donors (Lipinski definition) is 1. The molecular weight excluding hydrogens is 196 g/mol. The Morgan fingerprint density at radius 3 is 3.07 bits per heavy atom. The van der Waals surface area contributed by atoms with Crippen molar-refractivity contribution in [2.24, 2.45) is 0 Å². The molecule has 0 aromatic carbocycles. The van der Waals surface area contributed by atoms with Gasteiger partial charge in [0.25, 0.3) is 0 Å². The van der Waals surface area contributed by atoms with Crippen molar-refractivity contribution in [1.82, 2.24) is 9.97 Å². The fourth-order valence-electron chi connectivity index (χ4n) is 1.80. The number of aliphatic hydroxyl groups is 1. The quantitative estimate of drug-likeness (QED) is 0.764. The maximum Gasteiger partial charge on any atom is 0.120 e. The predicted molar refractivity (Wildman–Crippen MR) is 57.1 cm³/mol. The van der Waals surface area contributed by atoms with Crippen LogP contribution in [0.4, 0.5) is 0 Å². The van der Waals surface area contributed by atoms with Crippen LogP contribution in [0.3, 0.4) is 0 Å². The van der Waals surface area contributed by atoms with Gasteiger partial charge in [0.15, 0.2) is 0 Å². The highest BCUT2D eigenvalue weighted by atomic mass is 32.2. The Morgan fingerprint density at radius 1 is 1.57 bits per heavy atom. The Bertz CT molecular complexity index is 306. The van der Waals surface area contributed by atoms with Gasteiger partial charge in [-0.2, -0.15) is 11.8 Å². The third-order valence-electron chi connectivity index (χ3n) is 2.75. The third kappa shape index (κ3) is 1.64. The lowest BCUT2D eigenvalue weighted by Crippen LogP contribution is -2.39. The molecule has 2 unspecified atom stereocenters. The van der Waals surface area contributed by atoms with Gasteiger partial charge in [-0.1, -0.05) is 6.92 Å². The van der Waals surface area contributed by atoms with E-state index in [1.165, 1.54) is 0 Å². The average molecular weight is 210 g/mol. The molecule has 2 rings (SSSR count). The molecule has 0 radical (unpaired) electrons. The minimum absolute atomic E-state index is 0.202. The Labute approximate surface area is 88.0 Å². The van der Waals surface area contributed by atoms with Gasteiger partial charge in [-0.15, -0.1) is 0 Å². The average Bonchev–Trinajstić information content (AvgIpc) is 2.24. The Balaban J connectivity index is 2.30. The van der Waals surface area contributed by atoms with E-state index < -0.39 is 5.60 Å². The monoisotopic (exact) mass is 210 g/mol. The molecule has 3 nitrogen and oxygen atoms in total. The molecule has 1 aromatic heterocycles. The summed E-state index contributed by atoms with van der Waals surface area (Å²) in [5, 5.41) is 10.7. The van der Waals surface area contributed by atoms with Crippen LogP contribution >= 0.6 is 11.8 Å². The zero-order chi connectivity index (χ0) is 10.0. The van der Waals surface area contributed by atoms with E-state index in [2.05, 4.69) is 16.9 Å². The van der Waals surface area contributed by atoms with E-state index in [0.29, 0.717) is 5.69 Å². The highest BCUT2D eigenvalue weighted by Crippen LogP contribution is 2.40. The summed E-state index contributed by atoms with van der Waals surface area (Å²) in [6, 6.07) is 0. The molecule has 1 N–H and O–H groups in total. The van der Waals surface area contributed by atoms with Crippen molar-refractivity contribution in [2.75, 3.05) is 5.75 Å². The molecule has 0 bridgehead atoms. The Hall–Kier alpha value is -0.610. The highest BCUT2D eigenvalue weighted by molar-refractivity contribution is 8.00. The fraction of sp³-hybridized carbons (Fsp3) is 0.600. The van der Waals surface area contributed by atoms with Crippen molar-refractivity contribution in [2.45, 2.75) is 30.6 Å². The smallest absolute Gasteiger partial charge is 0.120 e. The molecular formula is C10H14N2OS. The van der Waals surface area contributed by atoms with Gasteiger partial charge in [-0.05, 0) is 18.6 Å². The lowest BCUT2D eigenvalue weighted by atomic mass is 9.90. The zero-order valence-corrected chi connectivity index (χ0v) is 9.00. The van der Waals surface area contributed by atoms with E-state index in [1.54, 1.807) is 30.4 Å². The van der Waals surface area contributed by atoms with E-state index in [0.717, 1.165) is 18.6 Å². The van der Waals surface area contributed by atoms with Gasteiger partial charge in [-0.25, -0.2) is 0 Å². The number of hydrogen-bond acceptors (Lipinski definition) is 4. The molecule has 14 heavy (non-hydrogen) atoms. The highest BCUT2D eigenvalue weighted by Gasteiger charge is 2.39. The lowest BCUT2D eigenvalue weighted by Gasteiger charge is -2.36. The SMILES string of the molecule is CC1SCCCC1(O)c1cnccn1. The summed E-state index contributed by atoms with van der Waals surface area (Å²) in [6.07, 6.45) is 6.77. The van der Waals surface area contributed by atoms with E-state index in [4.69, 9.17) is 0 Å². The number of aromatic nitrogens is 2. The maximum atomic E-state index is 10.5. The number of rotatable bonds is 1. The van der Waals surface area contributed by atoms with Crippen molar-refractivity contribution >= 4 is 11.8 Å². The summed E-state index contributed by atoms with van der Waals surface area (Å²) in [7, 11) is 0. The summed E-state index contributed by atoms with van der Waals surface area (Å²) in [4.78, 5) is 8.21. The summed E-state index contributed by atoms with van der Waals surface area (Å²) in [5.74, 6) is 1.13. The summed E-state index contributed by atoms with van der Waals surface area (Å²) in [6.45, 7) is 2.05. The second-order valence-electron chi connectivity index (χ2n) is 3.63. The molecule has 1 aromatic rings. The molecule has 1 aliphatic rings. The molecule has 0 aliphatic carbocycles. The van der Waals surface area contributed by atoms with Crippen LogP contribution in [-0.2, 0) is 5.60 Å². The van der Waals surface area contributed by atoms with Crippen LogP contribution in [0.15, 0.2) is 18.6 Å². The molecule has 1 saturated heterocycles. The van der Waals surface area contributed by atoms with Gasteiger partial charge in [0.2, 0.25) is 0 Å². The minimum Gasteiger partial charge on any atom is -0.382 e. The third-order valence-corrected chi connectivity index (χ3v) is 4.16. The first-order chi connectivity index (χ1) is 6.73. The summed E-state index contributed by atoms with van der Waals surface area (Å²) in [5.41, 5.74) is -0.0725. The van der Waals surface area contributed by atoms with Gasteiger partial charge in [0.1, 0.15) is 5.60 Å². The minimum atomic E-state index is -0.781. The zero-order valence-electron chi connectivity index (χ0n) is 8.18. The predicted octanol–water partition coefficient (Wildman–Crippen LogP) is 1.58. The second kappa shape index (κ2) is 3.87. The molecule has 76 valence electrons. The molecule has 2 heterocycles. The Morgan fingerprint density at radius 2 is 2.43 bits per heavy atom. The van der Waals surface area contributed by atoms with E-state index in [1.807, 2.05) is 0 Å². The van der Waals surface area contributed by atoms with Crippen LogP contribution in [0.5, 0.6) is 0 Å². The van der Waals surface area contributed by atoms with Crippen LogP contribution < -0.4 is 0 Å². The topological polar surface area (TPSA) is 46.0 Å². The summed E-state index contributed by atoms with van der Waals surface area (Å²) < 4.78 is 0. The van der Waals surface area contributed by atoms with Gasteiger partial charge >= 0.3 is 0 Å². The van der Waals surface area contributed by atoms with Crippen LogP contribution in [0, 0.1) is 0 Å². The van der Waals surface area contributed by atoms with Crippen molar-refractivity contribution in [3.05, 3.63) is 24.3 Å².